The fourth-order valence-electron chi connectivity index (χ4n) is 5.02. The normalized spacial score (nSPS) is 26.7. The van der Waals surface area contributed by atoms with E-state index in [9.17, 15) is 13.2 Å². The zero-order valence-corrected chi connectivity index (χ0v) is 17.7. The van der Waals surface area contributed by atoms with Crippen molar-refractivity contribution >= 4 is 16.0 Å². The molecule has 0 unspecified atom stereocenters. The number of fused-ring (bicyclic) bond motifs is 2. The molecule has 0 radical (unpaired) electrons. The van der Waals surface area contributed by atoms with E-state index in [1.54, 1.807) is 36.4 Å². The predicted molar refractivity (Wildman–Crippen MR) is 106 cm³/mol. The first-order chi connectivity index (χ1) is 13.8. The first-order valence-electron chi connectivity index (χ1n) is 10.1. The van der Waals surface area contributed by atoms with E-state index in [0.29, 0.717) is 42.8 Å². The standard InChI is InChI=1S/C21H26N2O5S/c1-4-21(20(24)27-5-2)13-16-8-9-19(21)23(16)29(25,26)18-12-15(7-6-14(18)3)17-10-11-22-28-17/h6-7,10-12,16,19H,4-5,8-9,13H2,1-3H3/t16-,19+,21+/m0/s1. The van der Waals surface area contributed by atoms with E-state index in [1.165, 1.54) is 6.20 Å². The fraction of sp³-hybridized carbons (Fsp3) is 0.524. The molecule has 4 rings (SSSR count). The minimum atomic E-state index is -3.78. The maximum Gasteiger partial charge on any atom is 0.313 e. The summed E-state index contributed by atoms with van der Waals surface area (Å²) < 4.78 is 39.6. The molecule has 0 spiro atoms. The lowest BCUT2D eigenvalue weighted by molar-refractivity contribution is -0.157. The van der Waals surface area contributed by atoms with E-state index in [2.05, 4.69) is 5.16 Å². The number of aryl methyl sites for hydroxylation is 1. The second-order valence-corrected chi connectivity index (χ2v) is 9.68. The number of rotatable bonds is 6. The number of hydrogen-bond acceptors (Lipinski definition) is 6. The van der Waals surface area contributed by atoms with Crippen LogP contribution in [0.15, 0.2) is 39.9 Å². The molecule has 0 amide bonds. The van der Waals surface area contributed by atoms with Crippen LogP contribution in [0.4, 0.5) is 0 Å². The van der Waals surface area contributed by atoms with Gasteiger partial charge in [0.25, 0.3) is 0 Å². The summed E-state index contributed by atoms with van der Waals surface area (Å²) in [4.78, 5) is 13.1. The fourth-order valence-corrected chi connectivity index (χ4v) is 7.21. The van der Waals surface area contributed by atoms with E-state index in [-0.39, 0.29) is 22.9 Å². The molecule has 2 aromatic rings. The lowest BCUT2D eigenvalue weighted by Gasteiger charge is -2.34. The number of sulfonamides is 1. The van der Waals surface area contributed by atoms with Gasteiger partial charge in [-0.1, -0.05) is 24.2 Å². The SMILES string of the molecule is CCOC(=O)[C@]1(CC)C[C@@H]2CC[C@H]1N2S(=O)(=O)c1cc(-c2ccno2)ccc1C. The summed E-state index contributed by atoms with van der Waals surface area (Å²) in [6.45, 7) is 5.80. The Kier molecular flexibility index (Phi) is 5.02. The summed E-state index contributed by atoms with van der Waals surface area (Å²) in [5.41, 5.74) is 0.561. The van der Waals surface area contributed by atoms with Crippen molar-refractivity contribution in [2.75, 3.05) is 6.61 Å². The van der Waals surface area contributed by atoms with Crippen LogP contribution in [0.3, 0.4) is 0 Å². The van der Waals surface area contributed by atoms with Gasteiger partial charge in [-0.3, -0.25) is 4.79 Å². The van der Waals surface area contributed by atoms with Gasteiger partial charge in [0.05, 0.1) is 23.1 Å². The van der Waals surface area contributed by atoms with Crippen LogP contribution >= 0.6 is 0 Å². The molecule has 0 aliphatic carbocycles. The summed E-state index contributed by atoms with van der Waals surface area (Å²) in [5, 5.41) is 3.71. The van der Waals surface area contributed by atoms with Gasteiger partial charge in [0.2, 0.25) is 10.0 Å². The van der Waals surface area contributed by atoms with Crippen LogP contribution in [-0.4, -0.2) is 42.5 Å². The van der Waals surface area contributed by atoms with Gasteiger partial charge >= 0.3 is 5.97 Å². The quantitative estimate of drug-likeness (QED) is 0.667. The molecule has 29 heavy (non-hydrogen) atoms. The summed E-state index contributed by atoms with van der Waals surface area (Å²) in [6, 6.07) is 6.39. The molecule has 7 nitrogen and oxygen atoms in total. The van der Waals surface area contributed by atoms with Crippen LogP contribution in [0, 0.1) is 12.3 Å². The zero-order valence-electron chi connectivity index (χ0n) is 16.9. The molecular formula is C21H26N2O5S. The molecule has 0 saturated carbocycles. The molecule has 3 atom stereocenters. The molecule has 156 valence electrons. The van der Waals surface area contributed by atoms with Crippen molar-refractivity contribution in [3.8, 4) is 11.3 Å². The highest BCUT2D eigenvalue weighted by molar-refractivity contribution is 7.89. The molecule has 2 fully saturated rings. The molecule has 2 aliphatic rings. The van der Waals surface area contributed by atoms with Gasteiger partial charge in [-0.15, -0.1) is 0 Å². The van der Waals surface area contributed by atoms with Crippen molar-refractivity contribution in [2.24, 2.45) is 5.41 Å². The summed E-state index contributed by atoms with van der Waals surface area (Å²) >= 11 is 0. The maximum atomic E-state index is 13.7. The predicted octanol–water partition coefficient (Wildman–Crippen LogP) is 3.53. The van der Waals surface area contributed by atoms with Gasteiger partial charge in [0.15, 0.2) is 5.76 Å². The van der Waals surface area contributed by atoms with Gasteiger partial charge in [0.1, 0.15) is 0 Å². The minimum Gasteiger partial charge on any atom is -0.466 e. The Morgan fingerprint density at radius 1 is 1.31 bits per heavy atom. The Hall–Kier alpha value is -2.19. The van der Waals surface area contributed by atoms with Gasteiger partial charge in [-0.25, -0.2) is 8.42 Å². The smallest absolute Gasteiger partial charge is 0.313 e. The lowest BCUT2D eigenvalue weighted by atomic mass is 9.72. The van der Waals surface area contributed by atoms with E-state index in [0.717, 1.165) is 6.42 Å². The van der Waals surface area contributed by atoms with Gasteiger partial charge in [-0.05, 0) is 51.2 Å². The van der Waals surface area contributed by atoms with Crippen molar-refractivity contribution in [3.05, 3.63) is 36.0 Å². The maximum absolute atomic E-state index is 13.7. The van der Waals surface area contributed by atoms with Crippen LogP contribution in [0.5, 0.6) is 0 Å². The van der Waals surface area contributed by atoms with Crippen molar-refractivity contribution < 1.29 is 22.5 Å². The van der Waals surface area contributed by atoms with Crippen molar-refractivity contribution in [1.29, 1.82) is 0 Å². The molecule has 2 saturated heterocycles. The molecule has 2 bridgehead atoms. The summed E-state index contributed by atoms with van der Waals surface area (Å²) in [6.07, 6.45) is 4.06. The number of aromatic nitrogens is 1. The number of hydrogen-bond donors (Lipinski definition) is 0. The van der Waals surface area contributed by atoms with Gasteiger partial charge < -0.3 is 9.26 Å². The number of ether oxygens (including phenoxy) is 1. The zero-order chi connectivity index (χ0) is 20.8. The average molecular weight is 419 g/mol. The second kappa shape index (κ2) is 7.25. The molecule has 0 N–H and O–H groups in total. The number of carbonyl (C=O) groups excluding carboxylic acids is 1. The van der Waals surface area contributed by atoms with Gasteiger partial charge in [-0.2, -0.15) is 4.31 Å². The van der Waals surface area contributed by atoms with Crippen LogP contribution in [0.1, 0.15) is 45.1 Å². The summed E-state index contributed by atoms with van der Waals surface area (Å²) in [5.74, 6) is 0.238. The van der Waals surface area contributed by atoms with E-state index < -0.39 is 15.4 Å². The minimum absolute atomic E-state index is 0.178. The second-order valence-electron chi connectivity index (χ2n) is 7.87. The van der Waals surface area contributed by atoms with Gasteiger partial charge in [0, 0.05) is 23.7 Å². The number of nitrogens with zero attached hydrogens (tertiary/aromatic N) is 2. The number of esters is 1. The molecular weight excluding hydrogens is 392 g/mol. The Balaban J connectivity index is 1.75. The van der Waals surface area contributed by atoms with E-state index >= 15 is 0 Å². The van der Waals surface area contributed by atoms with E-state index in [4.69, 9.17) is 9.26 Å². The monoisotopic (exact) mass is 418 g/mol. The molecule has 2 aliphatic heterocycles. The van der Waals surface area contributed by atoms with Crippen LogP contribution in [-0.2, 0) is 19.6 Å². The Morgan fingerprint density at radius 2 is 2.10 bits per heavy atom. The Morgan fingerprint density at radius 3 is 2.76 bits per heavy atom. The third kappa shape index (κ3) is 3.00. The molecule has 8 heteroatoms. The Labute approximate surface area is 171 Å². The summed E-state index contributed by atoms with van der Waals surface area (Å²) in [7, 11) is -3.78. The average Bonchev–Trinajstić information content (AvgIpc) is 3.44. The number of carbonyl (C=O) groups is 1. The molecule has 1 aromatic carbocycles. The van der Waals surface area contributed by atoms with E-state index in [1.807, 2.05) is 13.0 Å². The largest absolute Gasteiger partial charge is 0.466 e. The topological polar surface area (TPSA) is 89.7 Å². The number of benzene rings is 1. The first kappa shape index (κ1) is 20.1. The third-order valence-corrected chi connectivity index (χ3v) is 8.56. The van der Waals surface area contributed by atoms with Crippen molar-refractivity contribution in [1.82, 2.24) is 9.46 Å². The third-order valence-electron chi connectivity index (χ3n) is 6.46. The molecule has 3 heterocycles. The Bertz CT molecular complexity index is 1020. The van der Waals surface area contributed by atoms with Crippen LogP contribution < -0.4 is 0 Å². The van der Waals surface area contributed by atoms with Crippen LogP contribution in [0.2, 0.25) is 0 Å². The lowest BCUT2D eigenvalue weighted by Crippen LogP contribution is -2.45. The highest BCUT2D eigenvalue weighted by Gasteiger charge is 2.63. The van der Waals surface area contributed by atoms with Crippen molar-refractivity contribution in [3.63, 3.8) is 0 Å². The highest BCUT2D eigenvalue weighted by atomic mass is 32.2. The van der Waals surface area contributed by atoms with Crippen LogP contribution in [0.25, 0.3) is 11.3 Å². The van der Waals surface area contributed by atoms with Crippen molar-refractivity contribution in [2.45, 2.75) is 63.4 Å². The first-order valence-corrected chi connectivity index (χ1v) is 11.5. The highest BCUT2D eigenvalue weighted by Crippen LogP contribution is 2.54. The molecule has 1 aromatic heterocycles.